The number of carbonyl (C=O) groups is 2. The van der Waals surface area contributed by atoms with Crippen LogP contribution in [0.4, 0.5) is 0 Å². The summed E-state index contributed by atoms with van der Waals surface area (Å²) in [5, 5.41) is 9.28. The molecule has 130 valence electrons. The van der Waals surface area contributed by atoms with Crippen molar-refractivity contribution in [1.82, 2.24) is 9.80 Å². The lowest BCUT2D eigenvalue weighted by molar-refractivity contribution is -0.152. The van der Waals surface area contributed by atoms with Crippen LogP contribution in [0, 0.1) is 5.92 Å². The first-order chi connectivity index (χ1) is 11.6. The Morgan fingerprint density at radius 3 is 2.33 bits per heavy atom. The molecule has 1 saturated heterocycles. The minimum Gasteiger partial charge on any atom is -0.480 e. The Morgan fingerprint density at radius 1 is 1.17 bits per heavy atom. The molecule has 1 aliphatic heterocycles. The van der Waals surface area contributed by atoms with Gasteiger partial charge < -0.3 is 10.0 Å². The molecule has 0 aromatic heterocycles. The Hall–Kier alpha value is -1.88. The fraction of sp³-hybridized carbons (Fsp3) is 0.579. The number of carboxylic acid groups (broad SMARTS) is 1. The Labute approximate surface area is 143 Å². The lowest BCUT2D eigenvalue weighted by Crippen LogP contribution is -2.49. The molecule has 0 bridgehead atoms. The first-order valence-electron chi connectivity index (χ1n) is 8.87. The van der Waals surface area contributed by atoms with Crippen molar-refractivity contribution in [3.05, 3.63) is 35.9 Å². The average molecular weight is 330 g/mol. The maximum atomic E-state index is 12.8. The average Bonchev–Trinajstić information content (AvgIpc) is 3.41. The van der Waals surface area contributed by atoms with Crippen molar-refractivity contribution in [2.75, 3.05) is 13.1 Å². The van der Waals surface area contributed by atoms with Crippen LogP contribution in [0.1, 0.15) is 38.2 Å². The van der Waals surface area contributed by atoms with Crippen LogP contribution >= 0.6 is 0 Å². The van der Waals surface area contributed by atoms with Gasteiger partial charge in [0.15, 0.2) is 0 Å². The predicted octanol–water partition coefficient (Wildman–Crippen LogP) is 2.36. The van der Waals surface area contributed by atoms with E-state index in [1.807, 2.05) is 18.2 Å². The zero-order valence-electron chi connectivity index (χ0n) is 14.2. The van der Waals surface area contributed by atoms with Gasteiger partial charge in [-0.05, 0) is 51.3 Å². The normalized spacial score (nSPS) is 20.5. The van der Waals surface area contributed by atoms with Gasteiger partial charge in [-0.15, -0.1) is 0 Å². The second kappa shape index (κ2) is 7.34. The van der Waals surface area contributed by atoms with Crippen molar-refractivity contribution in [2.24, 2.45) is 5.92 Å². The number of amides is 1. The van der Waals surface area contributed by atoms with Crippen LogP contribution in [0.5, 0.6) is 0 Å². The van der Waals surface area contributed by atoms with E-state index >= 15 is 0 Å². The number of carboxylic acids is 1. The van der Waals surface area contributed by atoms with Gasteiger partial charge in [0.1, 0.15) is 6.04 Å². The molecule has 1 saturated carbocycles. The Morgan fingerprint density at radius 2 is 1.79 bits per heavy atom. The van der Waals surface area contributed by atoms with E-state index in [2.05, 4.69) is 17.0 Å². The second-order valence-corrected chi connectivity index (χ2v) is 7.03. The zero-order valence-corrected chi connectivity index (χ0v) is 14.2. The van der Waals surface area contributed by atoms with Crippen LogP contribution in [0.2, 0.25) is 0 Å². The Bertz CT molecular complexity index is 578. The summed E-state index contributed by atoms with van der Waals surface area (Å²) in [4.78, 5) is 28.2. The minimum atomic E-state index is -0.906. The van der Waals surface area contributed by atoms with Gasteiger partial charge in [0.25, 0.3) is 0 Å². The molecule has 1 aromatic rings. The van der Waals surface area contributed by atoms with Crippen LogP contribution in [-0.2, 0) is 16.1 Å². The van der Waals surface area contributed by atoms with Gasteiger partial charge in [-0.3, -0.25) is 9.69 Å². The van der Waals surface area contributed by atoms with E-state index in [1.165, 1.54) is 5.56 Å². The summed E-state index contributed by atoms with van der Waals surface area (Å²) < 4.78 is 0. The number of nitrogens with zero attached hydrogens (tertiary/aromatic N) is 2. The number of aliphatic carboxylic acids is 1. The molecule has 2 fully saturated rings. The highest BCUT2D eigenvalue weighted by Gasteiger charge is 2.41. The van der Waals surface area contributed by atoms with Gasteiger partial charge in [-0.25, -0.2) is 4.79 Å². The zero-order chi connectivity index (χ0) is 17.1. The number of carbonyl (C=O) groups excluding carboxylic acids is 1. The number of rotatable bonds is 6. The van der Waals surface area contributed by atoms with E-state index in [0.717, 1.165) is 45.3 Å². The van der Waals surface area contributed by atoms with Crippen molar-refractivity contribution in [3.63, 3.8) is 0 Å². The van der Waals surface area contributed by atoms with E-state index in [4.69, 9.17) is 0 Å². The predicted molar refractivity (Wildman–Crippen MR) is 91.4 cm³/mol. The first kappa shape index (κ1) is 17.0. The summed E-state index contributed by atoms with van der Waals surface area (Å²) in [5.41, 5.74) is 1.29. The Kier molecular flexibility index (Phi) is 5.19. The monoisotopic (exact) mass is 330 g/mol. The standard InChI is InChI=1S/C19H26N2O3/c1-14(19(23)24)21(17-7-8-17)18(22)16-9-11-20(12-10-16)13-15-5-3-2-4-6-15/h2-6,14,16-17H,7-13H2,1H3,(H,23,24). The summed E-state index contributed by atoms with van der Waals surface area (Å²) in [6.45, 7) is 4.33. The van der Waals surface area contributed by atoms with E-state index in [-0.39, 0.29) is 17.9 Å². The number of piperidine rings is 1. The number of hydrogen-bond acceptors (Lipinski definition) is 3. The van der Waals surface area contributed by atoms with Gasteiger partial charge in [0.2, 0.25) is 5.91 Å². The third-order valence-electron chi connectivity index (χ3n) is 5.16. The van der Waals surface area contributed by atoms with Crippen molar-refractivity contribution >= 4 is 11.9 Å². The topological polar surface area (TPSA) is 60.9 Å². The highest BCUT2D eigenvalue weighted by atomic mass is 16.4. The van der Waals surface area contributed by atoms with Crippen molar-refractivity contribution in [1.29, 1.82) is 0 Å². The molecule has 0 spiro atoms. The quantitative estimate of drug-likeness (QED) is 0.870. The fourth-order valence-corrected chi connectivity index (χ4v) is 3.55. The number of likely N-dealkylation sites (tertiary alicyclic amines) is 1. The van der Waals surface area contributed by atoms with Gasteiger partial charge >= 0.3 is 5.97 Å². The Balaban J connectivity index is 1.55. The molecular weight excluding hydrogens is 304 g/mol. The first-order valence-corrected chi connectivity index (χ1v) is 8.87. The highest BCUT2D eigenvalue weighted by molar-refractivity contribution is 5.85. The maximum Gasteiger partial charge on any atom is 0.326 e. The molecule has 5 nitrogen and oxygen atoms in total. The summed E-state index contributed by atoms with van der Waals surface area (Å²) in [6.07, 6.45) is 3.52. The van der Waals surface area contributed by atoms with Crippen molar-refractivity contribution in [2.45, 2.75) is 51.2 Å². The smallest absolute Gasteiger partial charge is 0.326 e. The molecular formula is C19H26N2O3. The molecule has 5 heteroatoms. The lowest BCUT2D eigenvalue weighted by Gasteiger charge is -2.35. The summed E-state index contributed by atoms with van der Waals surface area (Å²) >= 11 is 0. The molecule has 3 rings (SSSR count). The van der Waals surface area contributed by atoms with Crippen LogP contribution in [0.15, 0.2) is 30.3 Å². The van der Waals surface area contributed by atoms with E-state index < -0.39 is 12.0 Å². The lowest BCUT2D eigenvalue weighted by atomic mass is 9.94. The molecule has 1 aliphatic carbocycles. The largest absolute Gasteiger partial charge is 0.480 e. The number of hydrogen-bond donors (Lipinski definition) is 1. The maximum absolute atomic E-state index is 12.8. The third-order valence-corrected chi connectivity index (χ3v) is 5.16. The van der Waals surface area contributed by atoms with Gasteiger partial charge in [0.05, 0.1) is 0 Å². The van der Waals surface area contributed by atoms with E-state index in [0.29, 0.717) is 0 Å². The van der Waals surface area contributed by atoms with Gasteiger partial charge in [0, 0.05) is 18.5 Å². The second-order valence-electron chi connectivity index (χ2n) is 7.03. The molecule has 1 aromatic carbocycles. The fourth-order valence-electron chi connectivity index (χ4n) is 3.55. The molecule has 1 atom stereocenters. The van der Waals surface area contributed by atoms with Crippen LogP contribution in [0.25, 0.3) is 0 Å². The summed E-state index contributed by atoms with van der Waals surface area (Å²) in [7, 11) is 0. The van der Waals surface area contributed by atoms with Crippen LogP contribution < -0.4 is 0 Å². The van der Waals surface area contributed by atoms with Crippen molar-refractivity contribution in [3.8, 4) is 0 Å². The SMILES string of the molecule is CC(C(=O)O)N(C(=O)C1CCN(Cc2ccccc2)CC1)C1CC1. The van der Waals surface area contributed by atoms with Crippen LogP contribution in [-0.4, -0.2) is 52.0 Å². The van der Waals surface area contributed by atoms with E-state index in [1.54, 1.807) is 11.8 Å². The van der Waals surface area contributed by atoms with Gasteiger partial charge in [-0.2, -0.15) is 0 Å². The van der Waals surface area contributed by atoms with Gasteiger partial charge in [-0.1, -0.05) is 30.3 Å². The van der Waals surface area contributed by atoms with E-state index in [9.17, 15) is 14.7 Å². The summed E-state index contributed by atoms with van der Waals surface area (Å²) in [5.74, 6) is -0.886. The highest BCUT2D eigenvalue weighted by Crippen LogP contribution is 2.32. The molecule has 24 heavy (non-hydrogen) atoms. The molecule has 1 unspecified atom stereocenters. The number of benzene rings is 1. The molecule has 1 heterocycles. The molecule has 1 N–H and O–H groups in total. The molecule has 2 aliphatic rings. The minimum absolute atomic E-state index is 0.0283. The summed E-state index contributed by atoms with van der Waals surface area (Å²) in [6, 6.07) is 9.79. The van der Waals surface area contributed by atoms with Crippen molar-refractivity contribution < 1.29 is 14.7 Å². The van der Waals surface area contributed by atoms with Crippen LogP contribution in [0.3, 0.4) is 0 Å². The molecule has 1 amide bonds. The third kappa shape index (κ3) is 3.96. The molecule has 0 radical (unpaired) electrons.